The first kappa shape index (κ1) is 7.65. The van der Waals surface area contributed by atoms with E-state index in [0.29, 0.717) is 17.2 Å². The fourth-order valence-electron chi connectivity index (χ4n) is 0.760. The molecule has 1 aromatic heterocycles. The highest BCUT2D eigenvalue weighted by atomic mass is 16.1. The Morgan fingerprint density at radius 2 is 2.45 bits per heavy atom. The Morgan fingerprint density at radius 3 is 3.00 bits per heavy atom. The third-order valence-electron chi connectivity index (χ3n) is 1.32. The zero-order valence-electron chi connectivity index (χ0n) is 6.24. The van der Waals surface area contributed by atoms with Gasteiger partial charge in [0, 0.05) is 18.2 Å². The summed E-state index contributed by atoms with van der Waals surface area (Å²) < 4.78 is 0. The van der Waals surface area contributed by atoms with E-state index in [1.807, 2.05) is 0 Å². The highest BCUT2D eigenvalue weighted by Crippen LogP contribution is 2.05. The van der Waals surface area contributed by atoms with E-state index in [9.17, 15) is 4.79 Å². The van der Waals surface area contributed by atoms with Crippen molar-refractivity contribution >= 4 is 12.1 Å². The third-order valence-corrected chi connectivity index (χ3v) is 1.32. The molecular formula is C7H9N3O. The number of anilines is 1. The lowest BCUT2D eigenvalue weighted by Crippen LogP contribution is -2.01. The zero-order chi connectivity index (χ0) is 8.27. The summed E-state index contributed by atoms with van der Waals surface area (Å²) in [6.45, 7) is 1.75. The van der Waals surface area contributed by atoms with E-state index in [1.54, 1.807) is 13.1 Å². The number of aldehydes is 1. The summed E-state index contributed by atoms with van der Waals surface area (Å²) in [5.74, 6) is 1.02. The molecule has 1 aromatic rings. The summed E-state index contributed by atoms with van der Waals surface area (Å²) >= 11 is 0. The molecule has 0 amide bonds. The van der Waals surface area contributed by atoms with E-state index in [-0.39, 0.29) is 6.42 Å². The van der Waals surface area contributed by atoms with E-state index in [4.69, 9.17) is 5.73 Å². The maximum absolute atomic E-state index is 10.1. The molecule has 0 bridgehead atoms. The molecule has 0 saturated carbocycles. The van der Waals surface area contributed by atoms with Gasteiger partial charge < -0.3 is 10.5 Å². The van der Waals surface area contributed by atoms with Gasteiger partial charge >= 0.3 is 0 Å². The van der Waals surface area contributed by atoms with Crippen LogP contribution in [0, 0.1) is 6.92 Å². The van der Waals surface area contributed by atoms with Gasteiger partial charge in [0.2, 0.25) is 0 Å². The fraction of sp³-hybridized carbons (Fsp3) is 0.286. The molecule has 0 atom stereocenters. The van der Waals surface area contributed by atoms with Crippen LogP contribution in [-0.4, -0.2) is 16.3 Å². The molecule has 0 fully saturated rings. The molecule has 4 heteroatoms. The number of hydrogen-bond donors (Lipinski definition) is 1. The minimum atomic E-state index is 0.284. The van der Waals surface area contributed by atoms with Crippen molar-refractivity contribution < 1.29 is 4.79 Å². The maximum Gasteiger partial charge on any atom is 0.130 e. The molecule has 0 aliphatic carbocycles. The molecule has 0 aromatic carbocycles. The molecule has 11 heavy (non-hydrogen) atoms. The number of aryl methyl sites for hydroxylation is 1. The van der Waals surface area contributed by atoms with Gasteiger partial charge in [-0.25, -0.2) is 9.97 Å². The predicted molar refractivity (Wildman–Crippen MR) is 40.9 cm³/mol. The van der Waals surface area contributed by atoms with Crippen LogP contribution < -0.4 is 5.73 Å². The van der Waals surface area contributed by atoms with Gasteiger partial charge in [0.1, 0.15) is 17.9 Å². The number of hydrogen-bond acceptors (Lipinski definition) is 4. The molecule has 0 saturated heterocycles. The van der Waals surface area contributed by atoms with Gasteiger partial charge in [0.25, 0.3) is 0 Å². The number of rotatable bonds is 2. The summed E-state index contributed by atoms with van der Waals surface area (Å²) in [7, 11) is 0. The van der Waals surface area contributed by atoms with Crippen LogP contribution >= 0.6 is 0 Å². The molecule has 1 rings (SSSR count). The Balaban J connectivity index is 2.98. The second kappa shape index (κ2) is 3.09. The highest BCUT2D eigenvalue weighted by molar-refractivity contribution is 5.58. The molecule has 0 radical (unpaired) electrons. The van der Waals surface area contributed by atoms with Crippen molar-refractivity contribution in [2.24, 2.45) is 0 Å². The lowest BCUT2D eigenvalue weighted by Gasteiger charge is -1.99. The van der Waals surface area contributed by atoms with Crippen molar-refractivity contribution in [3.63, 3.8) is 0 Å². The Hall–Kier alpha value is -1.45. The topological polar surface area (TPSA) is 68.9 Å². The first-order valence-corrected chi connectivity index (χ1v) is 3.25. The number of aromatic nitrogens is 2. The van der Waals surface area contributed by atoms with Crippen LogP contribution in [0.1, 0.15) is 11.4 Å². The van der Waals surface area contributed by atoms with E-state index in [1.165, 1.54) is 0 Å². The van der Waals surface area contributed by atoms with E-state index in [0.717, 1.165) is 6.29 Å². The summed E-state index contributed by atoms with van der Waals surface area (Å²) in [4.78, 5) is 17.9. The Morgan fingerprint density at radius 1 is 1.73 bits per heavy atom. The van der Waals surface area contributed by atoms with Gasteiger partial charge in [-0.1, -0.05) is 0 Å². The summed E-state index contributed by atoms with van der Waals surface area (Å²) in [5.41, 5.74) is 6.18. The van der Waals surface area contributed by atoms with Gasteiger partial charge in [-0.05, 0) is 6.92 Å². The number of carbonyl (C=O) groups is 1. The van der Waals surface area contributed by atoms with Crippen molar-refractivity contribution in [2.45, 2.75) is 13.3 Å². The van der Waals surface area contributed by atoms with Crippen molar-refractivity contribution in [3.8, 4) is 0 Å². The second-order valence-electron chi connectivity index (χ2n) is 2.20. The normalized spacial score (nSPS) is 9.55. The van der Waals surface area contributed by atoms with Crippen LogP contribution in [0.5, 0.6) is 0 Å². The quantitative estimate of drug-likeness (QED) is 0.609. The summed E-state index contributed by atoms with van der Waals surface area (Å²) in [5, 5.41) is 0. The van der Waals surface area contributed by atoms with Gasteiger partial charge in [0.15, 0.2) is 0 Å². The van der Waals surface area contributed by atoms with Crippen molar-refractivity contribution in [3.05, 3.63) is 17.6 Å². The smallest absolute Gasteiger partial charge is 0.130 e. The Labute approximate surface area is 64.5 Å². The van der Waals surface area contributed by atoms with Crippen molar-refractivity contribution in [1.82, 2.24) is 9.97 Å². The van der Waals surface area contributed by atoms with Crippen molar-refractivity contribution in [2.75, 3.05) is 5.73 Å². The van der Waals surface area contributed by atoms with E-state index in [2.05, 4.69) is 9.97 Å². The van der Waals surface area contributed by atoms with Crippen LogP contribution in [0.25, 0.3) is 0 Å². The van der Waals surface area contributed by atoms with Gasteiger partial charge in [-0.15, -0.1) is 0 Å². The maximum atomic E-state index is 10.1. The van der Waals surface area contributed by atoms with Crippen LogP contribution in [0.4, 0.5) is 5.82 Å². The number of carbonyl (C=O) groups excluding carboxylic acids is 1. The first-order chi connectivity index (χ1) is 5.24. The molecule has 58 valence electrons. The highest BCUT2D eigenvalue weighted by Gasteiger charge is 1.99. The molecule has 0 aliphatic rings. The molecule has 0 spiro atoms. The molecule has 0 aliphatic heterocycles. The first-order valence-electron chi connectivity index (χ1n) is 3.25. The Kier molecular flexibility index (Phi) is 2.15. The molecule has 2 N–H and O–H groups in total. The van der Waals surface area contributed by atoms with E-state index < -0.39 is 0 Å². The molecule has 4 nitrogen and oxygen atoms in total. The predicted octanol–water partition coefficient (Wildman–Crippen LogP) is 0.109. The van der Waals surface area contributed by atoms with Crippen LogP contribution in [0.3, 0.4) is 0 Å². The van der Waals surface area contributed by atoms with Crippen LogP contribution in [0.2, 0.25) is 0 Å². The third kappa shape index (κ3) is 1.73. The summed E-state index contributed by atoms with van der Waals surface area (Å²) in [6, 6.07) is 0. The van der Waals surface area contributed by atoms with Gasteiger partial charge in [-0.2, -0.15) is 0 Å². The number of nitrogens with zero attached hydrogens (tertiary/aromatic N) is 2. The second-order valence-corrected chi connectivity index (χ2v) is 2.20. The largest absolute Gasteiger partial charge is 0.383 e. The molecule has 0 unspecified atom stereocenters. The SMILES string of the molecule is Cc1ncc(CC=O)c(N)n1. The lowest BCUT2D eigenvalue weighted by atomic mass is 10.2. The van der Waals surface area contributed by atoms with E-state index >= 15 is 0 Å². The fourth-order valence-corrected chi connectivity index (χ4v) is 0.760. The molecular weight excluding hydrogens is 142 g/mol. The minimum absolute atomic E-state index is 0.284. The summed E-state index contributed by atoms with van der Waals surface area (Å²) in [6.07, 6.45) is 2.64. The van der Waals surface area contributed by atoms with Crippen molar-refractivity contribution in [1.29, 1.82) is 0 Å². The minimum Gasteiger partial charge on any atom is -0.383 e. The van der Waals surface area contributed by atoms with Gasteiger partial charge in [0.05, 0.1) is 0 Å². The standard InChI is InChI=1S/C7H9N3O/c1-5-9-4-6(2-3-11)7(8)10-5/h3-4H,2H2,1H3,(H2,8,9,10). The van der Waals surface area contributed by atoms with Gasteiger partial charge in [-0.3, -0.25) is 0 Å². The van der Waals surface area contributed by atoms with Crippen LogP contribution in [0.15, 0.2) is 6.20 Å². The monoisotopic (exact) mass is 151 g/mol. The lowest BCUT2D eigenvalue weighted by molar-refractivity contribution is -0.107. The van der Waals surface area contributed by atoms with Crippen LogP contribution in [-0.2, 0) is 11.2 Å². The average molecular weight is 151 g/mol. The molecule has 1 heterocycles. The number of nitrogens with two attached hydrogens (primary N) is 1. The Bertz CT molecular complexity index is 272. The average Bonchev–Trinajstić information content (AvgIpc) is 1.95. The number of nitrogen functional groups attached to an aromatic ring is 1. The zero-order valence-corrected chi connectivity index (χ0v) is 6.24.